The monoisotopic (exact) mass is 727 g/mol. The van der Waals surface area contributed by atoms with Crippen LogP contribution in [0.25, 0.3) is 45.4 Å². The van der Waals surface area contributed by atoms with Gasteiger partial charge >= 0.3 is 0 Å². The summed E-state index contributed by atoms with van der Waals surface area (Å²) < 4.78 is 2.55. The number of fused-ring (bicyclic) bond motifs is 8. The molecule has 5 heteroatoms. The van der Waals surface area contributed by atoms with Crippen molar-refractivity contribution < 1.29 is 20.1 Å². The topological polar surface area (TPSA) is 46.5 Å². The normalized spacial score (nSPS) is 12.8. The van der Waals surface area contributed by atoms with Crippen molar-refractivity contribution in [2.24, 2.45) is 0 Å². The van der Waals surface area contributed by atoms with Gasteiger partial charge in [0.1, 0.15) is 0 Å². The zero-order valence-corrected chi connectivity index (χ0v) is 28.6. The molecule has 1 radical (unpaired) electrons. The van der Waals surface area contributed by atoms with E-state index in [1.165, 1.54) is 66.9 Å². The molecule has 3 aromatic heterocycles. The zero-order valence-electron chi connectivity index (χ0n) is 26.2. The Hall–Kier alpha value is -2.75. The van der Waals surface area contributed by atoms with Gasteiger partial charge in [-0.15, -0.1) is 0 Å². The van der Waals surface area contributed by atoms with Gasteiger partial charge in [0.25, 0.3) is 0 Å². The fourth-order valence-electron chi connectivity index (χ4n) is 7.06. The van der Waals surface area contributed by atoms with Crippen LogP contribution in [0.5, 0.6) is 0 Å². The van der Waals surface area contributed by atoms with Crippen LogP contribution in [-0.2, 0) is 58.8 Å². The van der Waals surface area contributed by atoms with Gasteiger partial charge < -0.3 is 9.55 Å². The van der Waals surface area contributed by atoms with Crippen LogP contribution >= 0.6 is 0 Å². The number of nitrogens with one attached hydrogen (secondary N) is 1. The molecule has 8 bridgehead atoms. The Bertz CT molecular complexity index is 1680. The van der Waals surface area contributed by atoms with Gasteiger partial charge in [-0.2, -0.15) is 0 Å². The molecule has 0 amide bonds. The van der Waals surface area contributed by atoms with Gasteiger partial charge in [-0.1, -0.05) is 48.5 Å². The van der Waals surface area contributed by atoms with Crippen LogP contribution in [0.1, 0.15) is 119 Å². The van der Waals surface area contributed by atoms with Crippen LogP contribution in [0.2, 0.25) is 0 Å². The Morgan fingerprint density at radius 1 is 0.610 bits per heavy atom. The van der Waals surface area contributed by atoms with Crippen molar-refractivity contribution in [3.8, 4) is 0 Å². The fourth-order valence-corrected chi connectivity index (χ4v) is 7.06. The van der Waals surface area contributed by atoms with Gasteiger partial charge in [-0.05, 0) is 110 Å². The van der Waals surface area contributed by atoms with Crippen LogP contribution < -0.4 is 0 Å². The van der Waals surface area contributed by atoms with Crippen molar-refractivity contribution >= 4 is 45.4 Å². The maximum absolute atomic E-state index is 5.61. The minimum atomic E-state index is 0. The molecule has 0 saturated heterocycles. The van der Waals surface area contributed by atoms with E-state index in [-0.39, 0.29) is 20.1 Å². The molecule has 5 rings (SSSR count). The number of hydrogen-bond donors (Lipinski definition) is 1. The average molecular weight is 727 g/mol. The summed E-state index contributed by atoms with van der Waals surface area (Å²) in [5, 5.41) is 0. The number of hydrogen-bond acceptors (Lipinski definition) is 2. The number of aromatic amines is 1. The summed E-state index contributed by atoms with van der Waals surface area (Å²) in [5.74, 6) is 0. The van der Waals surface area contributed by atoms with Crippen molar-refractivity contribution in [1.82, 2.24) is 19.5 Å². The smallest absolute Gasteiger partial charge is 0.0725 e. The van der Waals surface area contributed by atoms with Gasteiger partial charge in [0, 0.05) is 54.3 Å². The third kappa shape index (κ3) is 5.21. The van der Waals surface area contributed by atoms with Gasteiger partial charge in [-0.25, -0.2) is 9.97 Å². The van der Waals surface area contributed by atoms with Gasteiger partial charge in [-0.3, -0.25) is 0 Å². The number of nitrogens with zero attached hydrogens (tertiary/aromatic N) is 3. The van der Waals surface area contributed by atoms with Crippen molar-refractivity contribution in [1.29, 1.82) is 0 Å². The number of allylic oxidation sites excluding steroid dienone is 2. The Morgan fingerprint density at radius 3 is 1.73 bits per heavy atom. The molecule has 219 valence electrons. The molecule has 0 aromatic carbocycles. The van der Waals surface area contributed by atoms with Crippen LogP contribution in [0.15, 0.2) is 18.2 Å². The van der Waals surface area contributed by atoms with E-state index < -0.39 is 0 Å². The molecule has 1 N–H and O–H groups in total. The summed E-state index contributed by atoms with van der Waals surface area (Å²) in [5.41, 5.74) is 19.3. The van der Waals surface area contributed by atoms with E-state index in [0.717, 1.165) is 68.4 Å². The average Bonchev–Trinajstić information content (AvgIpc) is 3.73. The SMILES string of the molecule is CCC1=C(CC)c2nc1c(CC)c1[nH]c(cc3nc(cc4c(CC)c(CC)c(c2CC)n4CC)C=C3)cc1CC.[Ir]. The Morgan fingerprint density at radius 2 is 1.20 bits per heavy atom. The molecule has 0 atom stereocenters. The minimum absolute atomic E-state index is 0. The molecule has 2 aliphatic rings. The second-order valence-electron chi connectivity index (χ2n) is 10.8. The van der Waals surface area contributed by atoms with E-state index in [2.05, 4.69) is 95.3 Å². The number of aromatic nitrogens is 4. The minimum Gasteiger partial charge on any atom is -0.355 e. The van der Waals surface area contributed by atoms with Crippen molar-refractivity contribution in [3.63, 3.8) is 0 Å². The standard InChI is InChI=1S/C36H46N4.Ir/c1-9-22-19-25-20-23-17-18-24(37-23)21-32-26(10-2)29(13-5)36(40(32)16-8)31(15-7)35-28(12-4)27(11-3)34(39-35)30(14-6)33(22)38-25;/h17-21,38H,9-16H2,1-8H3;. The first-order valence-corrected chi connectivity index (χ1v) is 15.7. The molecular formula is C36H46IrN4. The summed E-state index contributed by atoms with van der Waals surface area (Å²) in [4.78, 5) is 14.4. The van der Waals surface area contributed by atoms with E-state index >= 15 is 0 Å². The van der Waals surface area contributed by atoms with Crippen molar-refractivity contribution in [2.75, 3.05) is 0 Å². The van der Waals surface area contributed by atoms with Crippen LogP contribution in [-0.4, -0.2) is 19.5 Å². The van der Waals surface area contributed by atoms with Gasteiger partial charge in [0.15, 0.2) is 0 Å². The van der Waals surface area contributed by atoms with E-state index in [9.17, 15) is 0 Å². The van der Waals surface area contributed by atoms with E-state index in [0.29, 0.717) is 0 Å². The Kier molecular flexibility index (Phi) is 9.93. The van der Waals surface area contributed by atoms with E-state index in [1.54, 1.807) is 0 Å². The summed E-state index contributed by atoms with van der Waals surface area (Å²) >= 11 is 0. The van der Waals surface area contributed by atoms with E-state index in [1.807, 2.05) is 0 Å². The molecule has 0 unspecified atom stereocenters. The third-order valence-corrected chi connectivity index (χ3v) is 8.85. The van der Waals surface area contributed by atoms with Crippen molar-refractivity contribution in [3.05, 3.63) is 68.8 Å². The summed E-state index contributed by atoms with van der Waals surface area (Å²) in [6, 6.07) is 6.80. The maximum Gasteiger partial charge on any atom is 0.0725 e. The van der Waals surface area contributed by atoms with Gasteiger partial charge in [0.2, 0.25) is 0 Å². The third-order valence-electron chi connectivity index (χ3n) is 8.85. The predicted molar refractivity (Wildman–Crippen MR) is 174 cm³/mol. The Labute approximate surface area is 259 Å². The molecule has 0 spiro atoms. The molecule has 0 aliphatic carbocycles. The maximum atomic E-state index is 5.61. The molecule has 41 heavy (non-hydrogen) atoms. The second kappa shape index (κ2) is 13.0. The van der Waals surface area contributed by atoms with Crippen molar-refractivity contribution in [2.45, 2.75) is 107 Å². The molecular weight excluding hydrogens is 681 g/mol. The summed E-state index contributed by atoms with van der Waals surface area (Å²) in [6.45, 7) is 19.2. The summed E-state index contributed by atoms with van der Waals surface area (Å²) in [6.07, 6.45) is 11.2. The van der Waals surface area contributed by atoms with Crippen LogP contribution in [0.3, 0.4) is 0 Å². The molecule has 0 saturated carbocycles. The Balaban J connectivity index is 0.00000387. The quantitative estimate of drug-likeness (QED) is 0.197. The first-order valence-electron chi connectivity index (χ1n) is 15.7. The fraction of sp³-hybridized carbons (Fsp3) is 0.444. The number of rotatable bonds is 8. The first kappa shape index (κ1) is 31.2. The number of H-pyrrole nitrogens is 1. The largest absolute Gasteiger partial charge is 0.355 e. The second-order valence-corrected chi connectivity index (χ2v) is 10.8. The zero-order chi connectivity index (χ0) is 28.6. The molecule has 3 aromatic rings. The molecule has 5 heterocycles. The predicted octanol–water partition coefficient (Wildman–Crippen LogP) is 9.52. The van der Waals surface area contributed by atoms with Crippen LogP contribution in [0, 0.1) is 0 Å². The summed E-state index contributed by atoms with van der Waals surface area (Å²) in [7, 11) is 0. The first-order chi connectivity index (χ1) is 19.5. The molecule has 4 nitrogen and oxygen atoms in total. The van der Waals surface area contributed by atoms with E-state index in [4.69, 9.17) is 9.97 Å². The molecule has 0 fully saturated rings. The van der Waals surface area contributed by atoms with Crippen LogP contribution in [0.4, 0.5) is 0 Å². The molecule has 2 aliphatic heterocycles. The number of aryl methyl sites for hydroxylation is 6. The van der Waals surface area contributed by atoms with Gasteiger partial charge in [0.05, 0.1) is 28.3 Å².